The number of ether oxygens (including phenoxy) is 3. The van der Waals surface area contributed by atoms with E-state index in [9.17, 15) is 17.6 Å². The van der Waals surface area contributed by atoms with Crippen molar-refractivity contribution in [2.75, 3.05) is 20.3 Å². The van der Waals surface area contributed by atoms with Crippen molar-refractivity contribution >= 4 is 0 Å². The average Bonchev–Trinajstić information content (AvgIpc) is 2.88. The molecule has 188 valence electrons. The fourth-order valence-corrected chi connectivity index (χ4v) is 4.19. The summed E-state index contributed by atoms with van der Waals surface area (Å²) in [7, 11) is 1.67. The molecule has 3 nitrogen and oxygen atoms in total. The lowest BCUT2D eigenvalue weighted by atomic mass is 9.82. The van der Waals surface area contributed by atoms with Crippen molar-refractivity contribution in [2.24, 2.45) is 0 Å². The van der Waals surface area contributed by atoms with Crippen LogP contribution < -0.4 is 4.74 Å². The van der Waals surface area contributed by atoms with Crippen LogP contribution in [-0.4, -0.2) is 26.4 Å². The molecule has 1 aliphatic rings. The van der Waals surface area contributed by atoms with E-state index < -0.39 is 29.0 Å². The molecule has 2 aromatic rings. The van der Waals surface area contributed by atoms with E-state index in [-0.39, 0.29) is 36.4 Å². The second-order valence-corrected chi connectivity index (χ2v) is 8.44. The zero-order valence-corrected chi connectivity index (χ0v) is 20.0. The number of hydrogen-bond donors (Lipinski definition) is 0. The topological polar surface area (TPSA) is 27.7 Å². The van der Waals surface area contributed by atoms with Gasteiger partial charge in [0.2, 0.25) is 0 Å². The Morgan fingerprint density at radius 2 is 1.57 bits per heavy atom. The van der Waals surface area contributed by atoms with Gasteiger partial charge < -0.3 is 14.2 Å². The molecule has 0 N–H and O–H groups in total. The molecule has 1 fully saturated rings. The molecule has 1 aliphatic carbocycles. The van der Waals surface area contributed by atoms with Gasteiger partial charge in [-0.25, -0.2) is 13.2 Å². The smallest absolute Gasteiger partial charge is 0.200 e. The number of rotatable bonds is 10. The number of allylic oxidation sites excluding steroid dienone is 1. The highest BCUT2D eigenvalue weighted by atomic mass is 19.2. The first kappa shape index (κ1) is 26.5. The van der Waals surface area contributed by atoms with Gasteiger partial charge >= 0.3 is 0 Å². The van der Waals surface area contributed by atoms with E-state index in [1.807, 2.05) is 0 Å². The van der Waals surface area contributed by atoms with E-state index in [1.54, 1.807) is 38.3 Å². The first-order valence-corrected chi connectivity index (χ1v) is 11.6. The molecule has 0 unspecified atom stereocenters. The Balaban J connectivity index is 1.66. The summed E-state index contributed by atoms with van der Waals surface area (Å²) in [6, 6.07) is 9.46. The highest BCUT2D eigenvalue weighted by Crippen LogP contribution is 2.38. The molecular weight excluding hydrogens is 460 g/mol. The minimum atomic E-state index is -1.23. The Kier molecular flexibility index (Phi) is 9.15. The highest BCUT2D eigenvalue weighted by molar-refractivity contribution is 5.65. The second kappa shape index (κ2) is 12.1. The van der Waals surface area contributed by atoms with Crippen molar-refractivity contribution in [1.82, 2.24) is 0 Å². The van der Waals surface area contributed by atoms with E-state index in [4.69, 9.17) is 14.2 Å². The Hall–Kier alpha value is -3.06. The van der Waals surface area contributed by atoms with E-state index in [1.165, 1.54) is 12.1 Å². The molecule has 0 spiro atoms. The number of methoxy groups -OCH3 is 1. The van der Waals surface area contributed by atoms with Gasteiger partial charge in [-0.3, -0.25) is 0 Å². The van der Waals surface area contributed by atoms with Crippen molar-refractivity contribution in [3.63, 3.8) is 0 Å². The standard InChI is InChI=1S/C28H30F4O3/c1-5-34-18(3)26(30)25(29)17(2)16-35-22-12-8-20(9-13-22)24-15-14-23(27(31)28(24)32)19-6-10-21(33-4)11-7-19/h8-9,12-15,19,21H,2-3,5-7,10-11,16H2,1,4H3/b26-25-. The molecule has 3 rings (SSSR count). The molecule has 7 heteroatoms. The van der Waals surface area contributed by atoms with Gasteiger partial charge in [0.15, 0.2) is 29.0 Å². The van der Waals surface area contributed by atoms with Crippen LogP contribution in [0.25, 0.3) is 11.1 Å². The van der Waals surface area contributed by atoms with Crippen LogP contribution in [0.15, 0.2) is 72.5 Å². The van der Waals surface area contributed by atoms with Crippen molar-refractivity contribution < 1.29 is 31.8 Å². The van der Waals surface area contributed by atoms with Crippen molar-refractivity contribution in [1.29, 1.82) is 0 Å². The molecular formula is C28H30F4O3. The summed E-state index contributed by atoms with van der Waals surface area (Å²) in [6.45, 7) is 8.26. The minimum absolute atomic E-state index is 0.0289. The molecule has 0 aliphatic heterocycles. The summed E-state index contributed by atoms with van der Waals surface area (Å²) >= 11 is 0. The summed E-state index contributed by atoms with van der Waals surface area (Å²) in [6.07, 6.45) is 3.34. The fraction of sp³-hybridized carbons (Fsp3) is 0.357. The third-order valence-corrected chi connectivity index (χ3v) is 6.20. The largest absolute Gasteiger partial charge is 0.491 e. The summed E-state index contributed by atoms with van der Waals surface area (Å²) < 4.78 is 73.6. The van der Waals surface area contributed by atoms with Crippen LogP contribution in [-0.2, 0) is 9.47 Å². The van der Waals surface area contributed by atoms with Crippen molar-refractivity contribution in [2.45, 2.75) is 44.6 Å². The Bertz CT molecular complexity index is 1080. The number of benzene rings is 2. The predicted octanol–water partition coefficient (Wildman–Crippen LogP) is 7.94. The van der Waals surface area contributed by atoms with E-state index in [0.717, 1.165) is 25.7 Å². The molecule has 0 radical (unpaired) electrons. The Morgan fingerprint density at radius 1 is 0.914 bits per heavy atom. The maximum absolute atomic E-state index is 14.9. The van der Waals surface area contributed by atoms with Gasteiger partial charge in [-0.05, 0) is 61.8 Å². The van der Waals surface area contributed by atoms with Crippen LogP contribution in [0.3, 0.4) is 0 Å². The maximum atomic E-state index is 14.9. The third-order valence-electron chi connectivity index (χ3n) is 6.20. The van der Waals surface area contributed by atoms with Crippen molar-refractivity contribution in [3.8, 4) is 16.9 Å². The monoisotopic (exact) mass is 490 g/mol. The Labute approximate surface area is 203 Å². The highest BCUT2D eigenvalue weighted by Gasteiger charge is 2.26. The Morgan fingerprint density at radius 3 is 2.17 bits per heavy atom. The minimum Gasteiger partial charge on any atom is -0.491 e. The average molecular weight is 491 g/mol. The quantitative estimate of drug-likeness (QED) is 0.192. The lowest BCUT2D eigenvalue weighted by Crippen LogP contribution is -2.20. The van der Waals surface area contributed by atoms with Gasteiger partial charge in [0.1, 0.15) is 12.4 Å². The second-order valence-electron chi connectivity index (χ2n) is 8.44. The number of halogens is 4. The summed E-state index contributed by atoms with van der Waals surface area (Å²) in [5.41, 5.74) is 0.773. The van der Waals surface area contributed by atoms with Crippen LogP contribution in [0.2, 0.25) is 0 Å². The first-order chi connectivity index (χ1) is 16.8. The predicted molar refractivity (Wildman–Crippen MR) is 128 cm³/mol. The maximum Gasteiger partial charge on any atom is 0.200 e. The van der Waals surface area contributed by atoms with Crippen LogP contribution >= 0.6 is 0 Å². The van der Waals surface area contributed by atoms with Gasteiger partial charge in [0, 0.05) is 18.2 Å². The van der Waals surface area contributed by atoms with Gasteiger partial charge in [0.05, 0.1) is 12.7 Å². The number of hydrogen-bond acceptors (Lipinski definition) is 3. The molecule has 0 heterocycles. The van der Waals surface area contributed by atoms with E-state index >= 15 is 0 Å². The van der Waals surface area contributed by atoms with E-state index in [2.05, 4.69) is 13.2 Å². The van der Waals surface area contributed by atoms with Gasteiger partial charge in [-0.2, -0.15) is 4.39 Å². The van der Waals surface area contributed by atoms with Gasteiger partial charge in [-0.1, -0.05) is 37.4 Å². The summed E-state index contributed by atoms with van der Waals surface area (Å²) in [5, 5.41) is 0. The van der Waals surface area contributed by atoms with Crippen LogP contribution in [0.1, 0.15) is 44.1 Å². The molecule has 0 atom stereocenters. The first-order valence-electron chi connectivity index (χ1n) is 11.6. The van der Waals surface area contributed by atoms with Crippen LogP contribution in [0.4, 0.5) is 17.6 Å². The van der Waals surface area contributed by atoms with E-state index in [0.29, 0.717) is 16.9 Å². The SMILES string of the molecule is C=C(COc1ccc(-c2ccc(C3CCC(OC)CC3)c(F)c2F)cc1)/C(F)=C(/F)C(=C)OCC. The lowest BCUT2D eigenvalue weighted by Gasteiger charge is -2.28. The lowest BCUT2D eigenvalue weighted by molar-refractivity contribution is 0.0655. The van der Waals surface area contributed by atoms with Crippen molar-refractivity contribution in [3.05, 3.63) is 89.7 Å². The fourth-order valence-electron chi connectivity index (χ4n) is 4.19. The molecule has 1 saturated carbocycles. The zero-order chi connectivity index (χ0) is 25.5. The molecule has 0 amide bonds. The normalized spacial score (nSPS) is 18.6. The molecule has 2 aromatic carbocycles. The van der Waals surface area contributed by atoms with Gasteiger partial charge in [-0.15, -0.1) is 0 Å². The summed E-state index contributed by atoms with van der Waals surface area (Å²) in [5.74, 6) is -4.26. The van der Waals surface area contributed by atoms with Gasteiger partial charge in [0.25, 0.3) is 0 Å². The molecule has 35 heavy (non-hydrogen) atoms. The zero-order valence-electron chi connectivity index (χ0n) is 20.0. The molecule has 0 aromatic heterocycles. The molecule has 0 saturated heterocycles. The molecule has 0 bridgehead atoms. The third kappa shape index (κ3) is 6.34. The van der Waals surface area contributed by atoms with Crippen LogP contribution in [0, 0.1) is 11.6 Å². The summed E-state index contributed by atoms with van der Waals surface area (Å²) in [4.78, 5) is 0. The van der Waals surface area contributed by atoms with Crippen LogP contribution in [0.5, 0.6) is 5.75 Å².